The van der Waals surface area contributed by atoms with Crippen LogP contribution in [-0.4, -0.2) is 18.9 Å². The topological polar surface area (TPSA) is 38.3 Å². The van der Waals surface area contributed by atoms with Crippen LogP contribution in [-0.2, 0) is 4.79 Å². The smallest absolute Gasteiger partial charge is 0.120 e. The maximum Gasteiger partial charge on any atom is 0.120 e. The molecule has 1 aromatic rings. The molecule has 1 atom stereocenters. The molecule has 0 fully saturated rings. The third-order valence-corrected chi connectivity index (χ3v) is 3.01. The van der Waals surface area contributed by atoms with E-state index in [1.165, 1.54) is 11.3 Å². The van der Waals surface area contributed by atoms with Gasteiger partial charge in [0.2, 0.25) is 0 Å². The van der Waals surface area contributed by atoms with Crippen molar-refractivity contribution in [2.24, 2.45) is 0 Å². The first kappa shape index (κ1) is 12.0. The second kappa shape index (κ2) is 5.21. The summed E-state index contributed by atoms with van der Waals surface area (Å²) < 4.78 is 5.69. The molecule has 1 heterocycles. The van der Waals surface area contributed by atoms with E-state index < -0.39 is 0 Å². The lowest BCUT2D eigenvalue weighted by atomic mass is 9.96. The lowest BCUT2D eigenvalue weighted by Crippen LogP contribution is -2.06. The highest BCUT2D eigenvalue weighted by molar-refractivity contribution is 5.60. The van der Waals surface area contributed by atoms with Crippen molar-refractivity contribution < 1.29 is 9.53 Å². The second-order valence-corrected chi connectivity index (χ2v) is 4.74. The molecule has 1 unspecified atom stereocenters. The number of anilines is 1. The Balaban J connectivity index is 2.15. The minimum Gasteiger partial charge on any atom is -0.491 e. The van der Waals surface area contributed by atoms with Crippen LogP contribution in [0.3, 0.4) is 0 Å². The number of benzene rings is 1. The number of carbonyl (C=O) groups is 1. The van der Waals surface area contributed by atoms with Crippen LogP contribution in [0.5, 0.6) is 5.75 Å². The monoisotopic (exact) mass is 233 g/mol. The normalized spacial score (nSPS) is 17.7. The van der Waals surface area contributed by atoms with Crippen molar-refractivity contribution in [2.75, 3.05) is 11.9 Å². The van der Waals surface area contributed by atoms with E-state index in [-0.39, 0.29) is 6.10 Å². The van der Waals surface area contributed by atoms with Gasteiger partial charge in [0, 0.05) is 24.6 Å². The van der Waals surface area contributed by atoms with Crippen molar-refractivity contribution in [2.45, 2.75) is 38.7 Å². The van der Waals surface area contributed by atoms with E-state index in [2.05, 4.69) is 17.4 Å². The Kier molecular flexibility index (Phi) is 3.67. The molecule has 3 nitrogen and oxygen atoms in total. The van der Waals surface area contributed by atoms with Crippen LogP contribution >= 0.6 is 0 Å². The zero-order valence-corrected chi connectivity index (χ0v) is 10.4. The van der Waals surface area contributed by atoms with Crippen LogP contribution in [0.15, 0.2) is 18.2 Å². The van der Waals surface area contributed by atoms with Crippen molar-refractivity contribution in [3.05, 3.63) is 23.8 Å². The molecule has 17 heavy (non-hydrogen) atoms. The summed E-state index contributed by atoms with van der Waals surface area (Å²) in [6.45, 7) is 4.97. The van der Waals surface area contributed by atoms with E-state index in [0.717, 1.165) is 25.0 Å². The number of nitrogens with one attached hydrogen (secondary N) is 1. The molecule has 2 rings (SSSR count). The Morgan fingerprint density at radius 1 is 1.53 bits per heavy atom. The van der Waals surface area contributed by atoms with Crippen LogP contribution < -0.4 is 10.1 Å². The number of hydrogen-bond donors (Lipinski definition) is 1. The molecule has 0 saturated carbocycles. The van der Waals surface area contributed by atoms with Gasteiger partial charge in [-0.05, 0) is 44.0 Å². The average Bonchev–Trinajstić information content (AvgIpc) is 2.68. The first-order valence-electron chi connectivity index (χ1n) is 6.19. The molecule has 1 aromatic carbocycles. The fourth-order valence-corrected chi connectivity index (χ4v) is 2.25. The van der Waals surface area contributed by atoms with E-state index in [1.807, 2.05) is 19.9 Å². The van der Waals surface area contributed by atoms with Gasteiger partial charge in [-0.15, -0.1) is 0 Å². The first-order chi connectivity index (χ1) is 8.20. The standard InChI is InChI=1S/C14H19NO2/c1-10(2)17-12-5-6-14-13(8-12)11(9-15-14)4-3-7-16/h5-8,10-11,15H,3-4,9H2,1-2H3. The highest BCUT2D eigenvalue weighted by Crippen LogP contribution is 2.36. The van der Waals surface area contributed by atoms with Crippen molar-refractivity contribution in [1.29, 1.82) is 0 Å². The Bertz CT molecular complexity index is 401. The average molecular weight is 233 g/mol. The number of hydrogen-bond acceptors (Lipinski definition) is 3. The van der Waals surface area contributed by atoms with Crippen molar-refractivity contribution >= 4 is 12.0 Å². The summed E-state index contributed by atoms with van der Waals surface area (Å²) in [7, 11) is 0. The molecule has 0 aromatic heterocycles. The summed E-state index contributed by atoms with van der Waals surface area (Å²) in [5.74, 6) is 1.35. The van der Waals surface area contributed by atoms with Crippen LogP contribution in [0.2, 0.25) is 0 Å². The van der Waals surface area contributed by atoms with Gasteiger partial charge in [-0.3, -0.25) is 0 Å². The Hall–Kier alpha value is -1.51. The Labute approximate surface area is 102 Å². The van der Waals surface area contributed by atoms with E-state index in [0.29, 0.717) is 12.3 Å². The minimum atomic E-state index is 0.191. The largest absolute Gasteiger partial charge is 0.491 e. The highest BCUT2D eigenvalue weighted by atomic mass is 16.5. The first-order valence-corrected chi connectivity index (χ1v) is 6.19. The molecule has 92 valence electrons. The van der Waals surface area contributed by atoms with Crippen LogP contribution in [0.25, 0.3) is 0 Å². The number of fused-ring (bicyclic) bond motifs is 1. The Morgan fingerprint density at radius 2 is 2.35 bits per heavy atom. The molecule has 1 aliphatic rings. The van der Waals surface area contributed by atoms with E-state index in [4.69, 9.17) is 4.74 Å². The molecule has 0 bridgehead atoms. The van der Waals surface area contributed by atoms with E-state index in [9.17, 15) is 4.79 Å². The lowest BCUT2D eigenvalue weighted by molar-refractivity contribution is -0.108. The molecule has 0 spiro atoms. The van der Waals surface area contributed by atoms with Gasteiger partial charge in [0.05, 0.1) is 6.10 Å². The molecule has 0 amide bonds. The summed E-state index contributed by atoms with van der Waals surface area (Å²) in [6, 6.07) is 6.16. The predicted octanol–water partition coefficient (Wildman–Crippen LogP) is 2.96. The summed E-state index contributed by atoms with van der Waals surface area (Å²) in [6.07, 6.45) is 2.72. The third kappa shape index (κ3) is 2.78. The van der Waals surface area contributed by atoms with Gasteiger partial charge in [0.25, 0.3) is 0 Å². The Morgan fingerprint density at radius 3 is 3.06 bits per heavy atom. The van der Waals surface area contributed by atoms with Crippen molar-refractivity contribution in [3.63, 3.8) is 0 Å². The fraction of sp³-hybridized carbons (Fsp3) is 0.500. The van der Waals surface area contributed by atoms with Crippen LogP contribution in [0, 0.1) is 0 Å². The molecule has 1 N–H and O–H groups in total. The lowest BCUT2D eigenvalue weighted by Gasteiger charge is -2.13. The SMILES string of the molecule is CC(C)Oc1ccc2c(c1)C(CCC=O)CN2. The fourth-order valence-electron chi connectivity index (χ4n) is 2.25. The molecule has 0 aliphatic carbocycles. The molecule has 0 saturated heterocycles. The number of rotatable bonds is 5. The van der Waals surface area contributed by atoms with Gasteiger partial charge < -0.3 is 14.8 Å². The molecular weight excluding hydrogens is 214 g/mol. The van der Waals surface area contributed by atoms with Crippen molar-refractivity contribution in [3.8, 4) is 5.75 Å². The van der Waals surface area contributed by atoms with Crippen LogP contribution in [0.4, 0.5) is 5.69 Å². The minimum absolute atomic E-state index is 0.191. The zero-order chi connectivity index (χ0) is 12.3. The summed E-state index contributed by atoms with van der Waals surface area (Å²) >= 11 is 0. The van der Waals surface area contributed by atoms with E-state index >= 15 is 0 Å². The van der Waals surface area contributed by atoms with Gasteiger partial charge in [-0.1, -0.05) is 0 Å². The highest BCUT2D eigenvalue weighted by Gasteiger charge is 2.22. The third-order valence-electron chi connectivity index (χ3n) is 3.01. The van der Waals surface area contributed by atoms with Gasteiger partial charge in [0.1, 0.15) is 12.0 Å². The second-order valence-electron chi connectivity index (χ2n) is 4.74. The number of aldehydes is 1. The number of ether oxygens (including phenoxy) is 1. The van der Waals surface area contributed by atoms with Gasteiger partial charge in [-0.25, -0.2) is 0 Å². The van der Waals surface area contributed by atoms with Crippen LogP contribution in [0.1, 0.15) is 38.2 Å². The van der Waals surface area contributed by atoms with Gasteiger partial charge >= 0.3 is 0 Å². The maximum absolute atomic E-state index is 10.4. The summed E-state index contributed by atoms with van der Waals surface area (Å²) in [5, 5.41) is 3.37. The van der Waals surface area contributed by atoms with Gasteiger partial charge in [0.15, 0.2) is 0 Å². The molecule has 0 radical (unpaired) electrons. The number of carbonyl (C=O) groups excluding carboxylic acids is 1. The quantitative estimate of drug-likeness (QED) is 0.795. The maximum atomic E-state index is 10.4. The zero-order valence-electron chi connectivity index (χ0n) is 10.4. The van der Waals surface area contributed by atoms with E-state index in [1.54, 1.807) is 0 Å². The summed E-state index contributed by atoms with van der Waals surface area (Å²) in [4.78, 5) is 10.4. The molecule has 1 aliphatic heterocycles. The molecular formula is C14H19NO2. The van der Waals surface area contributed by atoms with Gasteiger partial charge in [-0.2, -0.15) is 0 Å². The molecule has 3 heteroatoms. The predicted molar refractivity (Wildman–Crippen MR) is 68.7 cm³/mol. The summed E-state index contributed by atoms with van der Waals surface area (Å²) in [5.41, 5.74) is 2.46. The van der Waals surface area contributed by atoms with Crippen molar-refractivity contribution in [1.82, 2.24) is 0 Å².